The lowest BCUT2D eigenvalue weighted by Gasteiger charge is -2.15. The number of benzene rings is 1. The van der Waals surface area contributed by atoms with Crippen LogP contribution in [0.25, 0.3) is 10.9 Å². The molecule has 1 heterocycles. The van der Waals surface area contributed by atoms with E-state index in [4.69, 9.17) is 17.3 Å². The summed E-state index contributed by atoms with van der Waals surface area (Å²) in [6.45, 7) is 1.07. The van der Waals surface area contributed by atoms with Crippen LogP contribution in [0.1, 0.15) is 36.0 Å². The van der Waals surface area contributed by atoms with Gasteiger partial charge in [0, 0.05) is 23.2 Å². The van der Waals surface area contributed by atoms with Crippen molar-refractivity contribution in [3.63, 3.8) is 0 Å². The molecule has 0 aliphatic heterocycles. The second-order valence-electron chi connectivity index (χ2n) is 5.66. The summed E-state index contributed by atoms with van der Waals surface area (Å²) in [5, 5.41) is 3.82. The van der Waals surface area contributed by atoms with E-state index >= 15 is 0 Å². The van der Waals surface area contributed by atoms with Crippen LogP contribution in [-0.2, 0) is 0 Å². The maximum absolute atomic E-state index is 12.9. The van der Waals surface area contributed by atoms with Crippen molar-refractivity contribution in [2.75, 3.05) is 18.4 Å². The molecule has 0 saturated heterocycles. The van der Waals surface area contributed by atoms with Crippen molar-refractivity contribution in [3.05, 3.63) is 35.0 Å². The van der Waals surface area contributed by atoms with E-state index in [0.717, 1.165) is 31.9 Å². The van der Waals surface area contributed by atoms with Gasteiger partial charge >= 0.3 is 6.18 Å². The summed E-state index contributed by atoms with van der Waals surface area (Å²) in [5.74, 6) is -1.91. The number of nitrogens with zero attached hydrogens (tertiary/aromatic N) is 1. The zero-order valence-corrected chi connectivity index (χ0v) is 15.5. The van der Waals surface area contributed by atoms with Crippen LogP contribution < -0.4 is 11.1 Å². The first-order chi connectivity index (χ1) is 11.8. The number of halogens is 5. The molecule has 1 aromatic heterocycles. The summed E-state index contributed by atoms with van der Waals surface area (Å²) >= 11 is 5.90. The van der Waals surface area contributed by atoms with E-state index < -0.39 is 17.5 Å². The van der Waals surface area contributed by atoms with Crippen LogP contribution in [0, 0.1) is 0 Å². The molecule has 0 aliphatic carbocycles. The standard InChI is InChI=1S/C17H19ClF3N3O.ClH/c18-11-5-6-12-14(9-11)24-10-13(16(25)17(19,20)21)15(12)23-8-4-2-1-3-7-22;/h5-6,9-10H,1-4,7-8,22H2,(H,23,24);1H. The maximum atomic E-state index is 12.9. The normalized spacial score (nSPS) is 11.3. The Balaban J connectivity index is 0.00000338. The van der Waals surface area contributed by atoms with Gasteiger partial charge in [-0.25, -0.2) is 0 Å². The monoisotopic (exact) mass is 409 g/mol. The highest BCUT2D eigenvalue weighted by Crippen LogP contribution is 2.32. The lowest BCUT2D eigenvalue weighted by atomic mass is 10.1. The molecular weight excluding hydrogens is 390 g/mol. The molecule has 0 amide bonds. The van der Waals surface area contributed by atoms with Crippen LogP contribution in [0.3, 0.4) is 0 Å². The van der Waals surface area contributed by atoms with Crippen molar-refractivity contribution in [1.29, 1.82) is 0 Å². The number of nitrogens with one attached hydrogen (secondary N) is 1. The van der Waals surface area contributed by atoms with Crippen molar-refractivity contribution in [2.24, 2.45) is 5.73 Å². The van der Waals surface area contributed by atoms with Gasteiger partial charge in [-0.1, -0.05) is 24.4 Å². The lowest BCUT2D eigenvalue weighted by molar-refractivity contribution is -0.0884. The minimum absolute atomic E-state index is 0. The molecule has 0 saturated carbocycles. The molecule has 0 fully saturated rings. The minimum Gasteiger partial charge on any atom is -0.384 e. The number of fused-ring (bicyclic) bond motifs is 1. The Hall–Kier alpha value is -1.57. The number of anilines is 1. The molecule has 144 valence electrons. The van der Waals surface area contributed by atoms with Crippen LogP contribution in [0.5, 0.6) is 0 Å². The molecule has 0 aliphatic rings. The van der Waals surface area contributed by atoms with E-state index in [9.17, 15) is 18.0 Å². The number of pyridine rings is 1. The predicted molar refractivity (Wildman–Crippen MR) is 100 cm³/mol. The van der Waals surface area contributed by atoms with E-state index in [-0.39, 0.29) is 18.1 Å². The lowest BCUT2D eigenvalue weighted by Crippen LogP contribution is -2.24. The fraction of sp³-hybridized carbons (Fsp3) is 0.412. The van der Waals surface area contributed by atoms with E-state index in [1.165, 1.54) is 0 Å². The molecule has 3 N–H and O–H groups in total. The highest BCUT2D eigenvalue weighted by molar-refractivity contribution is 6.31. The first kappa shape index (κ1) is 22.5. The summed E-state index contributed by atoms with van der Waals surface area (Å²) in [4.78, 5) is 15.7. The Morgan fingerprint density at radius 2 is 1.88 bits per heavy atom. The summed E-state index contributed by atoms with van der Waals surface area (Å²) < 4.78 is 38.6. The van der Waals surface area contributed by atoms with Gasteiger partial charge in [0.1, 0.15) is 0 Å². The molecule has 0 spiro atoms. The molecule has 0 unspecified atom stereocenters. The molecule has 0 atom stereocenters. The van der Waals surface area contributed by atoms with E-state index in [0.29, 0.717) is 29.0 Å². The largest absolute Gasteiger partial charge is 0.455 e. The van der Waals surface area contributed by atoms with Gasteiger partial charge in [0.15, 0.2) is 0 Å². The maximum Gasteiger partial charge on any atom is 0.455 e. The average Bonchev–Trinajstić information content (AvgIpc) is 2.56. The third-order valence-electron chi connectivity index (χ3n) is 3.77. The number of rotatable bonds is 8. The van der Waals surface area contributed by atoms with Gasteiger partial charge in [0.2, 0.25) is 0 Å². The first-order valence-electron chi connectivity index (χ1n) is 7.98. The Morgan fingerprint density at radius 3 is 2.54 bits per heavy atom. The van der Waals surface area contributed by atoms with Crippen LogP contribution in [0.4, 0.5) is 18.9 Å². The van der Waals surface area contributed by atoms with Gasteiger partial charge in [-0.15, -0.1) is 12.4 Å². The number of hydrogen-bond acceptors (Lipinski definition) is 4. The molecule has 9 heteroatoms. The van der Waals surface area contributed by atoms with Crippen LogP contribution in [0.15, 0.2) is 24.4 Å². The van der Waals surface area contributed by atoms with Crippen LogP contribution >= 0.6 is 24.0 Å². The molecule has 2 rings (SSSR count). The third kappa shape index (κ3) is 5.72. The summed E-state index contributed by atoms with van der Waals surface area (Å²) in [5.41, 5.74) is 5.51. The molecule has 2 aromatic rings. The number of hydrogen-bond donors (Lipinski definition) is 2. The SMILES string of the molecule is Cl.NCCCCCCNc1c(C(=O)C(F)(F)F)cnc2cc(Cl)ccc12. The number of alkyl halides is 3. The van der Waals surface area contributed by atoms with Gasteiger partial charge in [-0.3, -0.25) is 9.78 Å². The molecule has 26 heavy (non-hydrogen) atoms. The van der Waals surface area contributed by atoms with Crippen LogP contribution in [0.2, 0.25) is 5.02 Å². The number of aromatic nitrogens is 1. The second kappa shape index (κ2) is 9.94. The highest BCUT2D eigenvalue weighted by Gasteiger charge is 2.41. The Labute approximate surface area is 160 Å². The molecule has 1 aromatic carbocycles. The Kier molecular flexibility index (Phi) is 8.59. The second-order valence-corrected chi connectivity index (χ2v) is 6.10. The zero-order chi connectivity index (χ0) is 18.4. The average molecular weight is 410 g/mol. The van der Waals surface area contributed by atoms with Crippen molar-refractivity contribution in [1.82, 2.24) is 4.98 Å². The van der Waals surface area contributed by atoms with Crippen molar-refractivity contribution in [3.8, 4) is 0 Å². The topological polar surface area (TPSA) is 68.0 Å². The minimum atomic E-state index is -4.96. The number of nitrogens with two attached hydrogens (primary N) is 1. The number of ketones is 1. The Morgan fingerprint density at radius 1 is 1.19 bits per heavy atom. The Bertz CT molecular complexity index is 754. The van der Waals surface area contributed by atoms with Crippen molar-refractivity contribution < 1.29 is 18.0 Å². The fourth-order valence-corrected chi connectivity index (χ4v) is 2.68. The van der Waals surface area contributed by atoms with Crippen molar-refractivity contribution in [2.45, 2.75) is 31.9 Å². The fourth-order valence-electron chi connectivity index (χ4n) is 2.52. The van der Waals surface area contributed by atoms with E-state index in [1.54, 1.807) is 18.2 Å². The third-order valence-corrected chi connectivity index (χ3v) is 4.00. The van der Waals surface area contributed by atoms with E-state index in [1.807, 2.05) is 0 Å². The van der Waals surface area contributed by atoms with Gasteiger partial charge in [0.05, 0.1) is 16.8 Å². The molecule has 0 bridgehead atoms. The highest BCUT2D eigenvalue weighted by atomic mass is 35.5. The number of unbranched alkanes of at least 4 members (excludes halogenated alkanes) is 3. The van der Waals surface area contributed by atoms with Crippen LogP contribution in [-0.4, -0.2) is 30.0 Å². The zero-order valence-electron chi connectivity index (χ0n) is 13.9. The van der Waals surface area contributed by atoms with Gasteiger partial charge in [0.25, 0.3) is 5.78 Å². The van der Waals surface area contributed by atoms with E-state index in [2.05, 4.69) is 10.3 Å². The quantitative estimate of drug-likeness (QED) is 0.476. The smallest absolute Gasteiger partial charge is 0.384 e. The molecule has 4 nitrogen and oxygen atoms in total. The summed E-state index contributed by atoms with van der Waals surface area (Å²) in [6, 6.07) is 4.67. The number of carbonyl (C=O) groups excluding carboxylic acids is 1. The molecule has 0 radical (unpaired) electrons. The predicted octanol–water partition coefficient (Wildman–Crippen LogP) is 4.99. The summed E-state index contributed by atoms with van der Waals surface area (Å²) in [7, 11) is 0. The van der Waals surface area contributed by atoms with Gasteiger partial charge < -0.3 is 11.1 Å². The van der Waals surface area contributed by atoms with Gasteiger partial charge in [-0.05, 0) is 37.6 Å². The van der Waals surface area contributed by atoms with Gasteiger partial charge in [-0.2, -0.15) is 13.2 Å². The van der Waals surface area contributed by atoms with Crippen molar-refractivity contribution >= 4 is 46.4 Å². The number of Topliss-reactive ketones (excluding diaryl/α,β-unsaturated/α-hetero) is 1. The molecular formula is C17H20Cl2F3N3O. The number of carbonyl (C=O) groups is 1. The first-order valence-corrected chi connectivity index (χ1v) is 8.36. The summed E-state index contributed by atoms with van der Waals surface area (Å²) in [6.07, 6.45) is -0.475.